The van der Waals surface area contributed by atoms with Gasteiger partial charge < -0.3 is 0 Å². The molecule has 0 saturated heterocycles. The van der Waals surface area contributed by atoms with Gasteiger partial charge in [-0.1, -0.05) is 26.7 Å². The Bertz CT molecular complexity index is 400. The van der Waals surface area contributed by atoms with Crippen LogP contribution in [0.1, 0.15) is 56.7 Å². The molecule has 2 atom stereocenters. The van der Waals surface area contributed by atoms with Crippen LogP contribution in [0, 0.1) is 18.3 Å². The Morgan fingerprint density at radius 2 is 2.22 bits per heavy atom. The van der Waals surface area contributed by atoms with Crippen LogP contribution in [0.5, 0.6) is 0 Å². The van der Waals surface area contributed by atoms with Gasteiger partial charge in [-0.2, -0.15) is 0 Å². The van der Waals surface area contributed by atoms with Crippen molar-refractivity contribution in [2.24, 2.45) is 17.2 Å². The molecule has 1 aliphatic rings. The molecule has 1 aromatic rings. The van der Waals surface area contributed by atoms with E-state index in [4.69, 9.17) is 5.84 Å². The lowest BCUT2D eigenvalue weighted by Gasteiger charge is -2.43. The van der Waals surface area contributed by atoms with Gasteiger partial charge in [0, 0.05) is 12.4 Å². The summed E-state index contributed by atoms with van der Waals surface area (Å²) in [4.78, 5) is 4.26. The lowest BCUT2D eigenvalue weighted by molar-refractivity contribution is 0.0979. The fraction of sp³-hybridized carbons (Fsp3) is 0.667. The molecule has 3 nitrogen and oxygen atoms in total. The van der Waals surface area contributed by atoms with Crippen molar-refractivity contribution in [2.45, 2.75) is 52.5 Å². The fourth-order valence-corrected chi connectivity index (χ4v) is 3.36. The molecule has 1 heterocycles. The zero-order valence-electron chi connectivity index (χ0n) is 11.7. The average Bonchev–Trinajstić information content (AvgIpc) is 2.34. The largest absolute Gasteiger partial charge is 0.271 e. The first kappa shape index (κ1) is 13.5. The van der Waals surface area contributed by atoms with Gasteiger partial charge in [-0.05, 0) is 48.3 Å². The van der Waals surface area contributed by atoms with E-state index in [2.05, 4.69) is 37.2 Å². The Morgan fingerprint density at radius 3 is 2.83 bits per heavy atom. The Kier molecular flexibility index (Phi) is 4.03. The van der Waals surface area contributed by atoms with Crippen LogP contribution in [0.3, 0.4) is 0 Å². The van der Waals surface area contributed by atoms with Crippen molar-refractivity contribution < 1.29 is 0 Å². The highest BCUT2D eigenvalue weighted by molar-refractivity contribution is 5.26. The molecule has 0 spiro atoms. The molecule has 1 fully saturated rings. The number of aromatic nitrogens is 1. The minimum Gasteiger partial charge on any atom is -0.271 e. The summed E-state index contributed by atoms with van der Waals surface area (Å²) in [6.07, 6.45) is 8.99. The van der Waals surface area contributed by atoms with Crippen molar-refractivity contribution >= 4 is 0 Å². The van der Waals surface area contributed by atoms with E-state index in [-0.39, 0.29) is 6.04 Å². The van der Waals surface area contributed by atoms with Crippen molar-refractivity contribution in [3.63, 3.8) is 0 Å². The minimum atomic E-state index is 0.217. The number of nitrogens with one attached hydrogen (secondary N) is 1. The van der Waals surface area contributed by atoms with E-state index in [9.17, 15) is 0 Å². The van der Waals surface area contributed by atoms with Crippen LogP contribution in [-0.4, -0.2) is 4.98 Å². The number of rotatable bonds is 3. The topological polar surface area (TPSA) is 50.9 Å². The van der Waals surface area contributed by atoms with Crippen LogP contribution in [0.15, 0.2) is 18.5 Å². The highest BCUT2D eigenvalue weighted by Crippen LogP contribution is 2.46. The van der Waals surface area contributed by atoms with Crippen LogP contribution in [-0.2, 0) is 0 Å². The van der Waals surface area contributed by atoms with Crippen molar-refractivity contribution in [3.8, 4) is 0 Å². The molecule has 0 bridgehead atoms. The monoisotopic (exact) mass is 247 g/mol. The Morgan fingerprint density at radius 1 is 1.44 bits per heavy atom. The maximum atomic E-state index is 5.85. The van der Waals surface area contributed by atoms with E-state index >= 15 is 0 Å². The quantitative estimate of drug-likeness (QED) is 0.637. The molecule has 2 unspecified atom stereocenters. The summed E-state index contributed by atoms with van der Waals surface area (Å²) in [5.41, 5.74) is 5.91. The normalized spacial score (nSPS) is 24.8. The molecule has 1 aliphatic carbocycles. The summed E-state index contributed by atoms with van der Waals surface area (Å²) in [7, 11) is 0. The molecule has 0 aliphatic heterocycles. The third-order valence-electron chi connectivity index (χ3n) is 4.59. The van der Waals surface area contributed by atoms with Gasteiger partial charge in [-0.15, -0.1) is 0 Å². The second-order valence-electron chi connectivity index (χ2n) is 6.22. The van der Waals surface area contributed by atoms with Gasteiger partial charge in [0.05, 0.1) is 6.04 Å². The number of hydrazine groups is 1. The van der Waals surface area contributed by atoms with Gasteiger partial charge >= 0.3 is 0 Å². The van der Waals surface area contributed by atoms with Crippen LogP contribution >= 0.6 is 0 Å². The summed E-state index contributed by atoms with van der Waals surface area (Å²) in [6, 6.07) is 2.28. The van der Waals surface area contributed by atoms with Crippen LogP contribution in [0.4, 0.5) is 0 Å². The van der Waals surface area contributed by atoms with E-state index in [0.717, 1.165) is 0 Å². The molecular weight excluding hydrogens is 222 g/mol. The molecule has 3 heteroatoms. The van der Waals surface area contributed by atoms with Crippen molar-refractivity contribution in [3.05, 3.63) is 29.6 Å². The van der Waals surface area contributed by atoms with Crippen LogP contribution < -0.4 is 11.3 Å². The van der Waals surface area contributed by atoms with Gasteiger partial charge in [0.2, 0.25) is 0 Å². The van der Waals surface area contributed by atoms with Crippen molar-refractivity contribution in [1.82, 2.24) is 10.4 Å². The van der Waals surface area contributed by atoms with Gasteiger partial charge in [0.1, 0.15) is 0 Å². The maximum Gasteiger partial charge on any atom is 0.0511 e. The summed E-state index contributed by atoms with van der Waals surface area (Å²) in [5.74, 6) is 6.43. The molecule has 0 aromatic carbocycles. The summed E-state index contributed by atoms with van der Waals surface area (Å²) < 4.78 is 0. The number of hydrogen-bond donors (Lipinski definition) is 2. The Hall–Kier alpha value is -0.930. The number of nitrogens with zero attached hydrogens (tertiary/aromatic N) is 1. The van der Waals surface area contributed by atoms with Crippen LogP contribution in [0.2, 0.25) is 0 Å². The first-order valence-electron chi connectivity index (χ1n) is 6.93. The first-order valence-corrected chi connectivity index (χ1v) is 6.93. The predicted molar refractivity (Wildman–Crippen MR) is 74.8 cm³/mol. The molecule has 0 amide bonds. The Balaban J connectivity index is 2.31. The third-order valence-corrected chi connectivity index (χ3v) is 4.59. The second-order valence-corrected chi connectivity index (χ2v) is 6.22. The molecule has 1 aromatic heterocycles. The number of aryl methyl sites for hydroxylation is 1. The Labute approximate surface area is 110 Å². The predicted octanol–water partition coefficient (Wildman–Crippen LogP) is 3.11. The van der Waals surface area contributed by atoms with E-state index in [1.807, 2.05) is 12.4 Å². The fourth-order valence-electron chi connectivity index (χ4n) is 3.36. The van der Waals surface area contributed by atoms with E-state index < -0.39 is 0 Å². The molecule has 0 radical (unpaired) electrons. The average molecular weight is 247 g/mol. The smallest absolute Gasteiger partial charge is 0.0511 e. The first-order chi connectivity index (χ1) is 8.56. The number of pyridine rings is 1. The summed E-state index contributed by atoms with van der Waals surface area (Å²) >= 11 is 0. The molecule has 1 saturated carbocycles. The standard InChI is InChI=1S/C15H25N3/c1-11-7-9-17-10-12(11)14(18-16)13-6-4-5-8-15(13,2)3/h7,9-10,13-14,18H,4-6,8,16H2,1-3H3. The minimum absolute atomic E-state index is 0.217. The zero-order chi connectivity index (χ0) is 13.2. The molecule has 3 N–H and O–H groups in total. The number of hydrogen-bond acceptors (Lipinski definition) is 3. The maximum absolute atomic E-state index is 5.85. The molecule has 18 heavy (non-hydrogen) atoms. The van der Waals surface area contributed by atoms with Gasteiger partial charge in [0.15, 0.2) is 0 Å². The molecular formula is C15H25N3. The summed E-state index contributed by atoms with van der Waals surface area (Å²) in [6.45, 7) is 6.87. The van der Waals surface area contributed by atoms with Gasteiger partial charge in [-0.25, -0.2) is 0 Å². The van der Waals surface area contributed by atoms with Crippen molar-refractivity contribution in [2.75, 3.05) is 0 Å². The van der Waals surface area contributed by atoms with Gasteiger partial charge in [0.25, 0.3) is 0 Å². The van der Waals surface area contributed by atoms with Crippen LogP contribution in [0.25, 0.3) is 0 Å². The second kappa shape index (κ2) is 5.37. The number of nitrogens with two attached hydrogens (primary N) is 1. The third kappa shape index (κ3) is 2.57. The van der Waals surface area contributed by atoms with Gasteiger partial charge in [-0.3, -0.25) is 16.3 Å². The zero-order valence-corrected chi connectivity index (χ0v) is 11.7. The van der Waals surface area contributed by atoms with E-state index in [1.54, 1.807) is 0 Å². The highest BCUT2D eigenvalue weighted by atomic mass is 15.2. The molecule has 2 rings (SSSR count). The molecule has 100 valence electrons. The van der Waals surface area contributed by atoms with Crippen molar-refractivity contribution in [1.29, 1.82) is 0 Å². The summed E-state index contributed by atoms with van der Waals surface area (Å²) in [5, 5.41) is 0. The highest BCUT2D eigenvalue weighted by Gasteiger charge is 2.38. The van der Waals surface area contributed by atoms with E-state index in [0.29, 0.717) is 11.3 Å². The lowest BCUT2D eigenvalue weighted by Crippen LogP contribution is -2.42. The lowest BCUT2D eigenvalue weighted by atomic mass is 9.65. The SMILES string of the molecule is Cc1ccncc1C(NN)C1CCCCC1(C)C. The van der Waals surface area contributed by atoms with E-state index in [1.165, 1.54) is 36.8 Å².